The number of morpholine rings is 1. The Morgan fingerprint density at radius 2 is 2.07 bits per heavy atom. The number of benzene rings is 1. The average Bonchev–Trinajstić information content (AvgIpc) is 3.07. The number of aromatic nitrogens is 3. The first-order valence-electron chi connectivity index (χ1n) is 9.64. The van der Waals surface area contributed by atoms with Gasteiger partial charge in [0.25, 0.3) is 5.91 Å². The average molecular weight is 420 g/mol. The van der Waals surface area contributed by atoms with E-state index in [0.717, 1.165) is 16.8 Å². The predicted octanol–water partition coefficient (Wildman–Crippen LogP) is 0.754. The highest BCUT2D eigenvalue weighted by Gasteiger charge is 2.30. The van der Waals surface area contributed by atoms with Crippen molar-refractivity contribution < 1.29 is 17.9 Å². The van der Waals surface area contributed by atoms with Crippen molar-refractivity contribution in [3.8, 4) is 5.69 Å². The number of carbonyl (C=O) groups excluding carboxylic acids is 1. The van der Waals surface area contributed by atoms with Gasteiger partial charge in [-0.1, -0.05) is 17.3 Å². The van der Waals surface area contributed by atoms with Gasteiger partial charge in [-0.05, 0) is 37.5 Å². The number of nitrogens with zero attached hydrogens (tertiary/aromatic N) is 5. The fourth-order valence-corrected chi connectivity index (χ4v) is 4.76. The Labute approximate surface area is 170 Å². The fraction of sp³-hybridized carbons (Fsp3) is 0.526. The van der Waals surface area contributed by atoms with Crippen LogP contribution in [0.2, 0.25) is 0 Å². The molecular formula is C19H25N5O4S. The zero-order valence-electron chi connectivity index (χ0n) is 16.8. The van der Waals surface area contributed by atoms with E-state index < -0.39 is 10.0 Å². The van der Waals surface area contributed by atoms with E-state index in [0.29, 0.717) is 50.7 Å². The van der Waals surface area contributed by atoms with E-state index in [4.69, 9.17) is 4.74 Å². The molecule has 3 heterocycles. The molecule has 0 aliphatic carbocycles. The number of hydrogen-bond donors (Lipinski definition) is 0. The van der Waals surface area contributed by atoms with E-state index in [1.54, 1.807) is 9.58 Å². The highest BCUT2D eigenvalue weighted by atomic mass is 32.2. The summed E-state index contributed by atoms with van der Waals surface area (Å²) in [6, 6.07) is 5.74. The van der Waals surface area contributed by atoms with Gasteiger partial charge in [0.1, 0.15) is 0 Å². The lowest BCUT2D eigenvalue weighted by Crippen LogP contribution is -2.47. The maximum absolute atomic E-state index is 13.0. The zero-order chi connectivity index (χ0) is 20.8. The van der Waals surface area contributed by atoms with Gasteiger partial charge in [0.15, 0.2) is 5.69 Å². The Kier molecular flexibility index (Phi) is 5.18. The van der Waals surface area contributed by atoms with Crippen LogP contribution in [-0.2, 0) is 27.7 Å². The Balaban J connectivity index is 1.67. The van der Waals surface area contributed by atoms with Gasteiger partial charge in [0, 0.05) is 19.6 Å². The molecule has 1 atom stereocenters. The molecular weight excluding hydrogens is 394 g/mol. The molecule has 1 aromatic carbocycles. The molecule has 1 aromatic heterocycles. The number of ether oxygens (including phenoxy) is 1. The molecule has 9 nitrogen and oxygen atoms in total. The predicted molar refractivity (Wildman–Crippen MR) is 106 cm³/mol. The minimum atomic E-state index is -3.24. The summed E-state index contributed by atoms with van der Waals surface area (Å²) in [7, 11) is -3.24. The van der Waals surface area contributed by atoms with Gasteiger partial charge >= 0.3 is 0 Å². The largest absolute Gasteiger partial charge is 0.377 e. The van der Waals surface area contributed by atoms with Crippen LogP contribution in [0.1, 0.15) is 34.2 Å². The lowest BCUT2D eigenvalue weighted by molar-refractivity contribution is 0.00322. The molecule has 0 unspecified atom stereocenters. The third kappa shape index (κ3) is 3.67. The van der Waals surface area contributed by atoms with Crippen LogP contribution in [0.15, 0.2) is 18.2 Å². The first-order chi connectivity index (χ1) is 13.8. The Morgan fingerprint density at radius 3 is 2.79 bits per heavy atom. The van der Waals surface area contributed by atoms with Crippen LogP contribution in [0.5, 0.6) is 0 Å². The molecule has 0 radical (unpaired) electrons. The fourth-order valence-electron chi connectivity index (χ4n) is 3.97. The smallest absolute Gasteiger partial charge is 0.276 e. The number of rotatable bonds is 3. The van der Waals surface area contributed by atoms with Crippen LogP contribution in [0.3, 0.4) is 0 Å². The Hall–Kier alpha value is -2.30. The van der Waals surface area contributed by atoms with Crippen LogP contribution in [0, 0.1) is 6.92 Å². The van der Waals surface area contributed by atoms with Crippen molar-refractivity contribution in [2.75, 3.05) is 32.6 Å². The number of sulfonamides is 1. The second kappa shape index (κ2) is 7.51. The monoisotopic (exact) mass is 419 g/mol. The molecule has 156 valence electrons. The molecule has 2 aliphatic rings. The maximum atomic E-state index is 13.0. The maximum Gasteiger partial charge on any atom is 0.276 e. The SMILES string of the molecule is Cc1c(C(=O)N2CCOC[C@H]2C)nnn1-c1cccc2c1CCN(S(C)(=O)=O)C2. The summed E-state index contributed by atoms with van der Waals surface area (Å²) in [6.07, 6.45) is 1.82. The first kappa shape index (κ1) is 20.0. The highest BCUT2D eigenvalue weighted by molar-refractivity contribution is 7.88. The lowest BCUT2D eigenvalue weighted by Gasteiger charge is -2.32. The van der Waals surface area contributed by atoms with Crippen molar-refractivity contribution in [1.82, 2.24) is 24.2 Å². The lowest BCUT2D eigenvalue weighted by atomic mass is 9.99. The third-order valence-electron chi connectivity index (χ3n) is 5.63. The van der Waals surface area contributed by atoms with E-state index in [-0.39, 0.29) is 11.9 Å². The molecule has 0 bridgehead atoms. The Bertz CT molecular complexity index is 1050. The van der Waals surface area contributed by atoms with E-state index in [2.05, 4.69) is 10.3 Å². The van der Waals surface area contributed by atoms with Gasteiger partial charge in [-0.15, -0.1) is 5.10 Å². The number of hydrogen-bond acceptors (Lipinski definition) is 6. The van der Waals surface area contributed by atoms with Gasteiger partial charge < -0.3 is 9.64 Å². The summed E-state index contributed by atoms with van der Waals surface area (Å²) in [4.78, 5) is 14.8. The van der Waals surface area contributed by atoms with Crippen molar-refractivity contribution in [1.29, 1.82) is 0 Å². The number of fused-ring (bicyclic) bond motifs is 1. The highest BCUT2D eigenvalue weighted by Crippen LogP contribution is 2.27. The molecule has 1 amide bonds. The summed E-state index contributed by atoms with van der Waals surface area (Å²) in [5, 5.41) is 8.44. The molecule has 1 saturated heterocycles. The number of carbonyl (C=O) groups is 1. The third-order valence-corrected chi connectivity index (χ3v) is 6.88. The van der Waals surface area contributed by atoms with Crippen molar-refractivity contribution in [3.63, 3.8) is 0 Å². The second-order valence-corrected chi connectivity index (χ2v) is 9.60. The quantitative estimate of drug-likeness (QED) is 0.728. The first-order valence-corrected chi connectivity index (χ1v) is 11.5. The van der Waals surface area contributed by atoms with Gasteiger partial charge in [-0.3, -0.25) is 4.79 Å². The van der Waals surface area contributed by atoms with Crippen LogP contribution in [-0.4, -0.2) is 77.1 Å². The topological polar surface area (TPSA) is 97.6 Å². The molecule has 29 heavy (non-hydrogen) atoms. The zero-order valence-corrected chi connectivity index (χ0v) is 17.6. The van der Waals surface area contributed by atoms with Crippen LogP contribution in [0.4, 0.5) is 0 Å². The molecule has 0 saturated carbocycles. The summed E-state index contributed by atoms with van der Waals surface area (Å²) < 4.78 is 32.4. The van der Waals surface area contributed by atoms with Gasteiger partial charge in [0.2, 0.25) is 10.0 Å². The molecule has 2 aromatic rings. The molecule has 0 N–H and O–H groups in total. The summed E-state index contributed by atoms with van der Waals surface area (Å²) in [5.41, 5.74) is 3.84. The summed E-state index contributed by atoms with van der Waals surface area (Å²) in [5.74, 6) is -0.141. The molecule has 2 aliphatic heterocycles. The van der Waals surface area contributed by atoms with E-state index in [1.165, 1.54) is 10.6 Å². The minimum Gasteiger partial charge on any atom is -0.377 e. The normalized spacial score (nSPS) is 20.5. The van der Waals surface area contributed by atoms with Crippen molar-refractivity contribution in [2.45, 2.75) is 32.9 Å². The Morgan fingerprint density at radius 1 is 1.28 bits per heavy atom. The molecule has 4 rings (SSSR count). The van der Waals surface area contributed by atoms with Gasteiger partial charge in [-0.25, -0.2) is 13.1 Å². The van der Waals surface area contributed by atoms with Crippen molar-refractivity contribution in [2.24, 2.45) is 0 Å². The second-order valence-electron chi connectivity index (χ2n) is 7.62. The summed E-state index contributed by atoms with van der Waals surface area (Å²) >= 11 is 0. The van der Waals surface area contributed by atoms with Crippen molar-refractivity contribution in [3.05, 3.63) is 40.7 Å². The van der Waals surface area contributed by atoms with E-state index in [1.807, 2.05) is 32.0 Å². The summed E-state index contributed by atoms with van der Waals surface area (Å²) in [6.45, 7) is 6.13. The van der Waals surface area contributed by atoms with Crippen LogP contribution in [0.25, 0.3) is 5.69 Å². The molecule has 10 heteroatoms. The standard InChI is InChI=1S/C19H25N5O4S/c1-13-12-28-10-9-23(13)19(25)18-14(2)24(21-20-18)17-6-4-5-15-11-22(29(3,26)27)8-7-16(15)17/h4-6,13H,7-12H2,1-3H3/t13-/m1/s1. The van der Waals surface area contributed by atoms with Gasteiger partial charge in [0.05, 0.1) is 36.9 Å². The van der Waals surface area contributed by atoms with Crippen LogP contribution >= 0.6 is 0 Å². The van der Waals surface area contributed by atoms with Gasteiger partial charge in [-0.2, -0.15) is 4.31 Å². The minimum absolute atomic E-state index is 0.00717. The van der Waals surface area contributed by atoms with E-state index >= 15 is 0 Å². The van der Waals surface area contributed by atoms with Crippen LogP contribution < -0.4 is 0 Å². The van der Waals surface area contributed by atoms with Crippen molar-refractivity contribution >= 4 is 15.9 Å². The van der Waals surface area contributed by atoms with E-state index in [9.17, 15) is 13.2 Å². The number of amides is 1. The molecule has 1 fully saturated rings. The molecule has 0 spiro atoms.